The average molecular weight is 439 g/mol. The summed E-state index contributed by atoms with van der Waals surface area (Å²) < 4.78 is 19.9. The molecular formula is C23H23FN4O2S. The van der Waals surface area contributed by atoms with Crippen molar-refractivity contribution in [3.63, 3.8) is 0 Å². The van der Waals surface area contributed by atoms with Gasteiger partial charge in [0.15, 0.2) is 5.69 Å². The lowest BCUT2D eigenvalue weighted by Crippen LogP contribution is -2.37. The van der Waals surface area contributed by atoms with Crippen LogP contribution in [0.15, 0.2) is 53.7 Å². The molecule has 0 aliphatic carbocycles. The first-order chi connectivity index (χ1) is 15.1. The van der Waals surface area contributed by atoms with Crippen molar-refractivity contribution in [1.82, 2.24) is 15.2 Å². The van der Waals surface area contributed by atoms with Crippen LogP contribution in [0.5, 0.6) is 5.88 Å². The molecule has 0 fully saturated rings. The van der Waals surface area contributed by atoms with Crippen molar-refractivity contribution in [2.24, 2.45) is 0 Å². The second-order valence-electron chi connectivity index (χ2n) is 7.11. The van der Waals surface area contributed by atoms with Gasteiger partial charge in [-0.2, -0.15) is 4.98 Å². The minimum absolute atomic E-state index is 0.125. The van der Waals surface area contributed by atoms with E-state index >= 15 is 0 Å². The zero-order valence-corrected chi connectivity index (χ0v) is 18.2. The monoisotopic (exact) mass is 438 g/mol. The summed E-state index contributed by atoms with van der Waals surface area (Å²) in [6.07, 6.45) is 1.60. The number of ether oxygens (including phenoxy) is 1. The number of para-hydroxylation sites is 1. The maximum Gasteiger partial charge on any atom is 0.247 e. The number of carbonyl (C=O) groups is 1. The van der Waals surface area contributed by atoms with Crippen LogP contribution in [0.1, 0.15) is 44.9 Å². The molecule has 0 N–H and O–H groups in total. The van der Waals surface area contributed by atoms with Gasteiger partial charge in [-0.05, 0) is 24.6 Å². The summed E-state index contributed by atoms with van der Waals surface area (Å²) in [4.78, 5) is 19.2. The molecule has 0 bridgehead atoms. The number of rotatable bonds is 6. The molecule has 1 aliphatic heterocycles. The summed E-state index contributed by atoms with van der Waals surface area (Å²) >= 11 is 1.52. The smallest absolute Gasteiger partial charge is 0.247 e. The minimum Gasteiger partial charge on any atom is -0.447 e. The number of hydrogen-bond acceptors (Lipinski definition) is 6. The molecule has 1 unspecified atom stereocenters. The van der Waals surface area contributed by atoms with Crippen LogP contribution in [-0.2, 0) is 4.79 Å². The number of benzene rings is 2. The van der Waals surface area contributed by atoms with E-state index in [1.807, 2.05) is 24.3 Å². The molecule has 31 heavy (non-hydrogen) atoms. The van der Waals surface area contributed by atoms with Crippen LogP contribution in [0.2, 0.25) is 0 Å². The molecule has 1 aliphatic rings. The number of aromatic nitrogens is 3. The van der Waals surface area contributed by atoms with Crippen molar-refractivity contribution >= 4 is 23.4 Å². The van der Waals surface area contributed by atoms with Gasteiger partial charge in [0.1, 0.15) is 5.82 Å². The third-order valence-electron chi connectivity index (χ3n) is 4.97. The van der Waals surface area contributed by atoms with Crippen LogP contribution >= 0.6 is 11.8 Å². The van der Waals surface area contributed by atoms with E-state index < -0.39 is 6.23 Å². The molecule has 0 saturated heterocycles. The second kappa shape index (κ2) is 9.43. The van der Waals surface area contributed by atoms with E-state index in [4.69, 9.17) is 4.74 Å². The standard InChI is InChI=1S/C23H23FN4O2S/c1-3-5-14-31-23-25-21-20(26-27-23)17-8-6-7-9-18(17)28(19(29)4-2)22(30-21)15-10-12-16(24)13-11-15/h6-13,22H,3-5,14H2,1-2H3. The number of unbranched alkanes of at least 4 members (excludes halogenated alkanes) is 1. The number of hydrogen-bond donors (Lipinski definition) is 0. The van der Waals surface area contributed by atoms with Crippen LogP contribution < -0.4 is 9.64 Å². The summed E-state index contributed by atoms with van der Waals surface area (Å²) in [6.45, 7) is 3.93. The van der Waals surface area contributed by atoms with E-state index in [-0.39, 0.29) is 18.1 Å². The summed E-state index contributed by atoms with van der Waals surface area (Å²) in [5, 5.41) is 9.20. The predicted octanol–water partition coefficient (Wildman–Crippen LogP) is 5.40. The molecule has 0 saturated carbocycles. The fourth-order valence-electron chi connectivity index (χ4n) is 3.37. The molecule has 1 atom stereocenters. The van der Waals surface area contributed by atoms with E-state index in [2.05, 4.69) is 22.1 Å². The lowest BCUT2D eigenvalue weighted by molar-refractivity contribution is -0.120. The van der Waals surface area contributed by atoms with Crippen LogP contribution in [0.4, 0.5) is 10.1 Å². The summed E-state index contributed by atoms with van der Waals surface area (Å²) in [6, 6.07) is 13.4. The Bertz CT molecular complexity index is 1080. The lowest BCUT2D eigenvalue weighted by Gasteiger charge is -2.30. The van der Waals surface area contributed by atoms with Gasteiger partial charge in [0, 0.05) is 23.3 Å². The van der Waals surface area contributed by atoms with Crippen molar-refractivity contribution in [2.45, 2.75) is 44.5 Å². The normalized spacial score (nSPS) is 14.9. The molecule has 0 spiro atoms. The highest BCUT2D eigenvalue weighted by Gasteiger charge is 2.35. The Morgan fingerprint density at radius 1 is 1.13 bits per heavy atom. The van der Waals surface area contributed by atoms with E-state index in [9.17, 15) is 9.18 Å². The SMILES string of the molecule is CCCCSc1nnc2c(n1)OC(c1ccc(F)cc1)N(C(=O)CC)c1ccccc1-2. The molecule has 1 amide bonds. The zero-order valence-electron chi connectivity index (χ0n) is 17.4. The number of thioether (sulfide) groups is 1. The van der Waals surface area contributed by atoms with Crippen molar-refractivity contribution in [2.75, 3.05) is 10.7 Å². The van der Waals surface area contributed by atoms with E-state index in [0.717, 1.165) is 18.6 Å². The minimum atomic E-state index is -0.805. The van der Waals surface area contributed by atoms with Crippen molar-refractivity contribution in [3.05, 3.63) is 59.9 Å². The first-order valence-corrected chi connectivity index (χ1v) is 11.3. The Labute approximate surface area is 184 Å². The van der Waals surface area contributed by atoms with Gasteiger partial charge in [0.2, 0.25) is 23.2 Å². The summed E-state index contributed by atoms with van der Waals surface area (Å²) in [7, 11) is 0. The maximum atomic E-state index is 13.6. The Hall–Kier alpha value is -3.00. The Morgan fingerprint density at radius 3 is 2.65 bits per heavy atom. The molecule has 0 radical (unpaired) electrons. The molecule has 160 valence electrons. The summed E-state index contributed by atoms with van der Waals surface area (Å²) in [5.41, 5.74) is 2.50. The van der Waals surface area contributed by atoms with Crippen LogP contribution in [0, 0.1) is 5.82 Å². The van der Waals surface area contributed by atoms with Gasteiger partial charge >= 0.3 is 0 Å². The van der Waals surface area contributed by atoms with E-state index in [1.165, 1.54) is 23.9 Å². The first kappa shape index (κ1) is 21.2. The van der Waals surface area contributed by atoms with Gasteiger partial charge in [0.05, 0.1) is 5.69 Å². The van der Waals surface area contributed by atoms with Crippen LogP contribution in [-0.4, -0.2) is 26.8 Å². The third kappa shape index (κ3) is 4.39. The number of halogens is 1. The van der Waals surface area contributed by atoms with Crippen molar-refractivity contribution in [1.29, 1.82) is 0 Å². The molecule has 4 rings (SSSR count). The Morgan fingerprint density at radius 2 is 1.90 bits per heavy atom. The predicted molar refractivity (Wildman–Crippen MR) is 118 cm³/mol. The first-order valence-electron chi connectivity index (χ1n) is 10.3. The molecule has 3 aromatic rings. The maximum absolute atomic E-state index is 13.6. The van der Waals surface area contributed by atoms with Crippen molar-refractivity contribution in [3.8, 4) is 17.1 Å². The molecular weight excluding hydrogens is 415 g/mol. The zero-order chi connectivity index (χ0) is 21.8. The third-order valence-corrected chi connectivity index (χ3v) is 5.89. The lowest BCUT2D eigenvalue weighted by atomic mass is 10.1. The highest BCUT2D eigenvalue weighted by molar-refractivity contribution is 7.99. The number of fused-ring (bicyclic) bond motifs is 3. The van der Waals surface area contributed by atoms with Crippen molar-refractivity contribution < 1.29 is 13.9 Å². The number of nitrogens with zero attached hydrogens (tertiary/aromatic N) is 4. The number of carbonyl (C=O) groups excluding carboxylic acids is 1. The Kier molecular flexibility index (Phi) is 6.46. The fraction of sp³-hybridized carbons (Fsp3) is 0.304. The highest BCUT2D eigenvalue weighted by Crippen LogP contribution is 2.43. The second-order valence-corrected chi connectivity index (χ2v) is 8.17. The van der Waals surface area contributed by atoms with Gasteiger partial charge in [-0.3, -0.25) is 9.69 Å². The average Bonchev–Trinajstić information content (AvgIpc) is 2.93. The molecule has 6 nitrogen and oxygen atoms in total. The van der Waals surface area contributed by atoms with E-state index in [1.54, 1.807) is 24.0 Å². The largest absolute Gasteiger partial charge is 0.447 e. The fourth-order valence-corrected chi connectivity index (χ4v) is 4.23. The molecule has 2 heterocycles. The topological polar surface area (TPSA) is 68.2 Å². The molecule has 2 aromatic carbocycles. The van der Waals surface area contributed by atoms with Crippen LogP contribution in [0.3, 0.4) is 0 Å². The Balaban J connectivity index is 1.85. The quantitative estimate of drug-likeness (QED) is 0.379. The van der Waals surface area contributed by atoms with E-state index in [0.29, 0.717) is 33.5 Å². The van der Waals surface area contributed by atoms with Gasteiger partial charge in [0.25, 0.3) is 0 Å². The molecule has 1 aromatic heterocycles. The number of amides is 1. The highest BCUT2D eigenvalue weighted by atomic mass is 32.2. The van der Waals surface area contributed by atoms with Gasteiger partial charge in [-0.25, -0.2) is 4.39 Å². The summed E-state index contributed by atoms with van der Waals surface area (Å²) in [5.74, 6) is 0.711. The van der Waals surface area contributed by atoms with Gasteiger partial charge < -0.3 is 4.74 Å². The number of anilines is 1. The molecule has 8 heteroatoms. The van der Waals surface area contributed by atoms with Crippen LogP contribution in [0.25, 0.3) is 11.3 Å². The van der Waals surface area contributed by atoms with Gasteiger partial charge in [-0.1, -0.05) is 62.4 Å². The van der Waals surface area contributed by atoms with Gasteiger partial charge in [-0.15, -0.1) is 10.2 Å².